The lowest BCUT2D eigenvalue weighted by atomic mass is 9.79. The van der Waals surface area contributed by atoms with Crippen LogP contribution in [0.25, 0.3) is 9.40 Å². The molecule has 1 aliphatic carbocycles. The van der Waals surface area contributed by atoms with Gasteiger partial charge in [-0.25, -0.2) is 0 Å². The van der Waals surface area contributed by atoms with Crippen molar-refractivity contribution in [2.24, 2.45) is 5.92 Å². The van der Waals surface area contributed by atoms with Gasteiger partial charge in [0.05, 0.1) is 9.72 Å². The number of hydrogen-bond donors (Lipinski definition) is 0. The minimum Gasteiger partial charge on any atom is -0.138 e. The summed E-state index contributed by atoms with van der Waals surface area (Å²) in [5.41, 5.74) is 0. The molecule has 0 bridgehead atoms. The number of unbranched alkanes of at least 4 members (excludes halogenated alkanes) is 6. The summed E-state index contributed by atoms with van der Waals surface area (Å²) in [4.78, 5) is 3.04. The molecule has 0 amide bonds. The van der Waals surface area contributed by atoms with E-state index in [2.05, 4.69) is 19.9 Å². The molecule has 0 spiro atoms. The van der Waals surface area contributed by atoms with Crippen molar-refractivity contribution in [3.63, 3.8) is 0 Å². The molecule has 0 saturated heterocycles. The van der Waals surface area contributed by atoms with Gasteiger partial charge < -0.3 is 0 Å². The fraction of sp³-hybridized carbons (Fsp3) is 0.750. The highest BCUT2D eigenvalue weighted by Crippen LogP contribution is 2.48. The summed E-state index contributed by atoms with van der Waals surface area (Å²) in [6.45, 7) is 4.59. The molecule has 1 saturated carbocycles. The molecule has 3 rings (SSSR count). The lowest BCUT2D eigenvalue weighted by molar-refractivity contribution is 0.305. The third-order valence-corrected chi connectivity index (χ3v) is 9.60. The Labute approximate surface area is 179 Å². The fourth-order valence-corrected chi connectivity index (χ4v) is 7.82. The van der Waals surface area contributed by atoms with E-state index in [9.17, 15) is 0 Å². The van der Waals surface area contributed by atoms with Crippen LogP contribution in [0.3, 0.4) is 0 Å². The first kappa shape index (κ1) is 21.7. The summed E-state index contributed by atoms with van der Waals surface area (Å²) in [5.74, 6) is 1.70. The van der Waals surface area contributed by atoms with Crippen LogP contribution >= 0.6 is 34.3 Å². The molecular weight excluding hydrogens is 388 g/mol. The zero-order chi connectivity index (χ0) is 19.1. The number of rotatable bonds is 11. The Kier molecular flexibility index (Phi) is 9.00. The molecule has 3 heteroatoms. The second-order valence-electron chi connectivity index (χ2n) is 8.56. The average molecular weight is 425 g/mol. The van der Waals surface area contributed by atoms with Crippen molar-refractivity contribution in [1.29, 1.82) is 0 Å². The molecule has 1 fully saturated rings. The van der Waals surface area contributed by atoms with Crippen molar-refractivity contribution >= 4 is 43.7 Å². The molecule has 0 aromatic carbocycles. The van der Waals surface area contributed by atoms with Crippen molar-refractivity contribution in [2.75, 3.05) is 0 Å². The highest BCUT2D eigenvalue weighted by Gasteiger charge is 2.26. The van der Waals surface area contributed by atoms with Gasteiger partial charge >= 0.3 is 0 Å². The van der Waals surface area contributed by atoms with Gasteiger partial charge in [0, 0.05) is 14.5 Å². The average Bonchev–Trinajstić information content (AvgIpc) is 3.21. The van der Waals surface area contributed by atoms with Gasteiger partial charge in [0.1, 0.15) is 0 Å². The molecule has 27 heavy (non-hydrogen) atoms. The molecule has 2 aromatic rings. The molecule has 0 nitrogen and oxygen atoms in total. The van der Waals surface area contributed by atoms with E-state index in [0.29, 0.717) is 0 Å². The van der Waals surface area contributed by atoms with E-state index in [4.69, 9.17) is 11.6 Å². The van der Waals surface area contributed by atoms with Gasteiger partial charge in [-0.05, 0) is 56.4 Å². The van der Waals surface area contributed by atoms with Gasteiger partial charge in [-0.1, -0.05) is 76.8 Å². The van der Waals surface area contributed by atoms with Crippen LogP contribution in [0, 0.1) is 5.92 Å². The number of thiophene rings is 2. The molecule has 0 N–H and O–H groups in total. The third-order valence-electron chi connectivity index (χ3n) is 6.34. The van der Waals surface area contributed by atoms with Crippen LogP contribution in [0.1, 0.15) is 113 Å². The monoisotopic (exact) mass is 424 g/mol. The summed E-state index contributed by atoms with van der Waals surface area (Å²) in [6, 6.07) is 2.44. The number of halogens is 1. The fourth-order valence-electron chi connectivity index (χ4n) is 4.61. The van der Waals surface area contributed by atoms with E-state index in [1.54, 1.807) is 4.88 Å². The van der Waals surface area contributed by atoms with Gasteiger partial charge in [-0.3, -0.25) is 0 Å². The largest absolute Gasteiger partial charge is 0.138 e. The molecule has 0 atom stereocenters. The Balaban J connectivity index is 1.52. The minimum absolute atomic E-state index is 0.724. The lowest BCUT2D eigenvalue weighted by Gasteiger charge is -2.28. The number of hydrogen-bond acceptors (Lipinski definition) is 2. The second-order valence-corrected chi connectivity index (χ2v) is 11.2. The molecule has 0 unspecified atom stereocenters. The van der Waals surface area contributed by atoms with Crippen LogP contribution in [-0.4, -0.2) is 0 Å². The molecule has 0 aliphatic heterocycles. The topological polar surface area (TPSA) is 0 Å². The zero-order valence-corrected chi connectivity index (χ0v) is 19.7. The molecule has 152 valence electrons. The number of fused-ring (bicyclic) bond motifs is 1. The van der Waals surface area contributed by atoms with Crippen molar-refractivity contribution in [1.82, 2.24) is 0 Å². The lowest BCUT2D eigenvalue weighted by Crippen LogP contribution is -2.12. The minimum atomic E-state index is 0.724. The third kappa shape index (κ3) is 5.97. The second kappa shape index (κ2) is 11.2. The Morgan fingerprint density at radius 1 is 0.889 bits per heavy atom. The Morgan fingerprint density at radius 3 is 2.30 bits per heavy atom. The maximum Gasteiger partial charge on any atom is 0.0726 e. The van der Waals surface area contributed by atoms with Crippen molar-refractivity contribution in [2.45, 2.75) is 110 Å². The molecule has 1 aliphatic rings. The van der Waals surface area contributed by atoms with Gasteiger partial charge in [-0.15, -0.1) is 22.7 Å². The molecule has 0 radical (unpaired) electrons. The van der Waals surface area contributed by atoms with E-state index >= 15 is 0 Å². The van der Waals surface area contributed by atoms with Crippen LogP contribution in [0.2, 0.25) is 5.02 Å². The quantitative estimate of drug-likeness (QED) is 0.314. The summed E-state index contributed by atoms with van der Waals surface area (Å²) in [6.07, 6.45) is 19.2. The predicted molar refractivity (Wildman–Crippen MR) is 126 cm³/mol. The number of aryl methyl sites for hydroxylation is 1. The van der Waals surface area contributed by atoms with E-state index in [-0.39, 0.29) is 0 Å². The van der Waals surface area contributed by atoms with Gasteiger partial charge in [-0.2, -0.15) is 0 Å². The first-order valence-electron chi connectivity index (χ1n) is 11.4. The molecular formula is C24H37ClS2. The maximum absolute atomic E-state index is 6.87. The Morgan fingerprint density at radius 2 is 1.59 bits per heavy atom. The van der Waals surface area contributed by atoms with Crippen molar-refractivity contribution in [3.8, 4) is 0 Å². The highest BCUT2D eigenvalue weighted by atomic mass is 35.5. The smallest absolute Gasteiger partial charge is 0.0726 e. The molecule has 2 heterocycles. The van der Waals surface area contributed by atoms with Gasteiger partial charge in [0.25, 0.3) is 0 Å². The van der Waals surface area contributed by atoms with Gasteiger partial charge in [0.15, 0.2) is 0 Å². The summed E-state index contributed by atoms with van der Waals surface area (Å²) >= 11 is 10.8. The van der Waals surface area contributed by atoms with Gasteiger partial charge in [0.2, 0.25) is 0 Å². The van der Waals surface area contributed by atoms with E-state index in [1.807, 2.05) is 22.7 Å². The van der Waals surface area contributed by atoms with Crippen LogP contribution in [0.15, 0.2) is 6.07 Å². The van der Waals surface area contributed by atoms with E-state index in [0.717, 1.165) is 16.9 Å². The van der Waals surface area contributed by atoms with Crippen LogP contribution < -0.4 is 0 Å². The highest BCUT2D eigenvalue weighted by molar-refractivity contribution is 7.28. The van der Waals surface area contributed by atoms with Crippen molar-refractivity contribution < 1.29 is 0 Å². The molecule has 2 aromatic heterocycles. The van der Waals surface area contributed by atoms with Crippen LogP contribution in [0.4, 0.5) is 0 Å². The zero-order valence-electron chi connectivity index (χ0n) is 17.3. The normalized spacial score (nSPS) is 20.6. The van der Waals surface area contributed by atoms with Crippen LogP contribution in [0.5, 0.6) is 0 Å². The first-order chi connectivity index (χ1) is 13.2. The summed E-state index contributed by atoms with van der Waals surface area (Å²) < 4.78 is 2.83. The SMILES string of the molecule is CCCCCCCc1cc2sc(C3CCC(CCCCC)CC3)c(Cl)c2s1. The summed E-state index contributed by atoms with van der Waals surface area (Å²) in [7, 11) is 0. The maximum atomic E-state index is 6.87. The van der Waals surface area contributed by atoms with Crippen LogP contribution in [-0.2, 0) is 6.42 Å². The Hall–Kier alpha value is -0.0500. The van der Waals surface area contributed by atoms with E-state index in [1.165, 1.54) is 104 Å². The summed E-state index contributed by atoms with van der Waals surface area (Å²) in [5, 5.41) is 1.10. The van der Waals surface area contributed by atoms with Crippen molar-refractivity contribution in [3.05, 3.63) is 20.8 Å². The van der Waals surface area contributed by atoms with E-state index < -0.39 is 0 Å². The first-order valence-corrected chi connectivity index (χ1v) is 13.4. The predicted octanol–water partition coefficient (Wildman–Crippen LogP) is 9.98. The standard InChI is InChI=1S/C24H37ClS2/c1-3-5-7-8-10-12-20-17-21-24(26-20)22(25)23(27-21)19-15-13-18(14-16-19)11-9-6-4-2/h17-19H,3-16H2,1-2H3. The Bertz CT molecular complexity index is 676.